The summed E-state index contributed by atoms with van der Waals surface area (Å²) in [5, 5.41) is 24.1. The Morgan fingerprint density at radius 1 is 1.19 bits per heavy atom. The minimum absolute atomic E-state index is 0.00102. The molecule has 2 aliphatic heterocycles. The standard InChI is InChI=1S/C24H29N3O4/c1-2-19(16-28)27-22-13-21(31-20-6-4-3-5-7-20)9-8-17(22)12-18(24(27)30)14-26-11-10-25-23(29)15-26/h3-9,12-13,19,24,28,30H,2,10-11,14-16H2,1H3,(H,25,29). The number of nitrogens with one attached hydrogen (secondary N) is 1. The van der Waals surface area contributed by atoms with Crippen molar-refractivity contribution < 1.29 is 19.7 Å². The van der Waals surface area contributed by atoms with Crippen molar-refractivity contribution in [3.63, 3.8) is 0 Å². The summed E-state index contributed by atoms with van der Waals surface area (Å²) < 4.78 is 5.99. The van der Waals surface area contributed by atoms with E-state index in [4.69, 9.17) is 4.74 Å². The molecule has 4 rings (SSSR count). The zero-order valence-corrected chi connectivity index (χ0v) is 17.7. The van der Waals surface area contributed by atoms with Crippen LogP contribution in [0.5, 0.6) is 11.5 Å². The fraction of sp³-hybridized carbons (Fsp3) is 0.375. The smallest absolute Gasteiger partial charge is 0.234 e. The van der Waals surface area contributed by atoms with E-state index in [1.54, 1.807) is 0 Å². The second-order valence-electron chi connectivity index (χ2n) is 7.94. The molecule has 2 aliphatic rings. The number of piperazine rings is 1. The molecule has 0 saturated carbocycles. The molecule has 7 heteroatoms. The van der Waals surface area contributed by atoms with E-state index in [1.807, 2.05) is 71.3 Å². The van der Waals surface area contributed by atoms with E-state index < -0.39 is 6.23 Å². The van der Waals surface area contributed by atoms with Gasteiger partial charge >= 0.3 is 0 Å². The van der Waals surface area contributed by atoms with Crippen LogP contribution in [0.2, 0.25) is 0 Å². The van der Waals surface area contributed by atoms with Crippen LogP contribution in [0.1, 0.15) is 18.9 Å². The first kappa shape index (κ1) is 21.4. The van der Waals surface area contributed by atoms with Gasteiger partial charge < -0.3 is 25.2 Å². The van der Waals surface area contributed by atoms with E-state index in [9.17, 15) is 15.0 Å². The number of anilines is 1. The number of fused-ring (bicyclic) bond motifs is 1. The van der Waals surface area contributed by atoms with Crippen molar-refractivity contribution >= 4 is 17.7 Å². The number of hydrogen-bond acceptors (Lipinski definition) is 6. The van der Waals surface area contributed by atoms with Gasteiger partial charge in [0.05, 0.1) is 24.9 Å². The number of hydrogen-bond donors (Lipinski definition) is 3. The minimum Gasteiger partial charge on any atom is -0.457 e. The Hall–Kier alpha value is -2.87. The highest BCUT2D eigenvalue weighted by molar-refractivity contribution is 5.79. The summed E-state index contributed by atoms with van der Waals surface area (Å²) >= 11 is 0. The molecular formula is C24H29N3O4. The lowest BCUT2D eigenvalue weighted by atomic mass is 9.97. The van der Waals surface area contributed by atoms with Crippen molar-refractivity contribution in [3.05, 3.63) is 59.7 Å². The predicted octanol–water partition coefficient (Wildman–Crippen LogP) is 2.20. The van der Waals surface area contributed by atoms with Crippen molar-refractivity contribution in [3.8, 4) is 11.5 Å². The molecule has 0 bridgehead atoms. The van der Waals surface area contributed by atoms with Crippen LogP contribution in [-0.4, -0.2) is 66.1 Å². The summed E-state index contributed by atoms with van der Waals surface area (Å²) in [7, 11) is 0. The number of ether oxygens (including phenoxy) is 1. The summed E-state index contributed by atoms with van der Waals surface area (Å²) in [6.07, 6.45) is 1.77. The summed E-state index contributed by atoms with van der Waals surface area (Å²) in [4.78, 5) is 15.7. The minimum atomic E-state index is -0.887. The molecule has 0 spiro atoms. The van der Waals surface area contributed by atoms with Gasteiger partial charge in [-0.2, -0.15) is 0 Å². The van der Waals surface area contributed by atoms with Crippen LogP contribution in [0.15, 0.2) is 54.1 Å². The fourth-order valence-corrected chi connectivity index (χ4v) is 4.16. The van der Waals surface area contributed by atoms with Gasteiger partial charge in [-0.15, -0.1) is 0 Å². The number of benzene rings is 2. The van der Waals surface area contributed by atoms with Gasteiger partial charge in [0.2, 0.25) is 5.91 Å². The third kappa shape index (κ3) is 4.74. The Morgan fingerprint density at radius 2 is 2.00 bits per heavy atom. The molecule has 2 aromatic rings. The van der Waals surface area contributed by atoms with Crippen LogP contribution in [0.4, 0.5) is 5.69 Å². The molecule has 0 aromatic heterocycles. The van der Waals surface area contributed by atoms with Crippen LogP contribution in [0.25, 0.3) is 6.08 Å². The molecule has 3 N–H and O–H groups in total. The number of carbonyl (C=O) groups excluding carboxylic acids is 1. The largest absolute Gasteiger partial charge is 0.457 e. The topological polar surface area (TPSA) is 85.3 Å². The van der Waals surface area contributed by atoms with Crippen molar-refractivity contribution in [1.29, 1.82) is 0 Å². The molecule has 2 unspecified atom stereocenters. The number of nitrogens with zero attached hydrogens (tertiary/aromatic N) is 2. The second-order valence-corrected chi connectivity index (χ2v) is 7.94. The molecule has 7 nitrogen and oxygen atoms in total. The highest BCUT2D eigenvalue weighted by atomic mass is 16.5. The van der Waals surface area contributed by atoms with E-state index >= 15 is 0 Å². The molecule has 31 heavy (non-hydrogen) atoms. The molecule has 0 aliphatic carbocycles. The fourth-order valence-electron chi connectivity index (χ4n) is 4.16. The maximum Gasteiger partial charge on any atom is 0.234 e. The average molecular weight is 424 g/mol. The van der Waals surface area contributed by atoms with Crippen molar-refractivity contribution in [1.82, 2.24) is 10.2 Å². The van der Waals surface area contributed by atoms with Gasteiger partial charge in [0.25, 0.3) is 0 Å². The zero-order valence-electron chi connectivity index (χ0n) is 17.7. The quantitative estimate of drug-likeness (QED) is 0.633. The highest BCUT2D eigenvalue weighted by Gasteiger charge is 2.33. The molecule has 1 amide bonds. The number of aliphatic hydroxyl groups excluding tert-OH is 2. The number of para-hydroxylation sites is 1. The molecule has 0 radical (unpaired) electrons. The van der Waals surface area contributed by atoms with Crippen LogP contribution >= 0.6 is 0 Å². The Kier molecular flexibility index (Phi) is 6.56. The molecule has 1 saturated heterocycles. The number of rotatable bonds is 7. The van der Waals surface area contributed by atoms with Crippen LogP contribution < -0.4 is 15.0 Å². The maximum absolute atomic E-state index is 11.8. The second kappa shape index (κ2) is 9.51. The van der Waals surface area contributed by atoms with Gasteiger partial charge in [-0.05, 0) is 47.9 Å². The number of amides is 1. The monoisotopic (exact) mass is 423 g/mol. The average Bonchev–Trinajstić information content (AvgIpc) is 2.78. The van der Waals surface area contributed by atoms with Crippen molar-refractivity contribution in [2.24, 2.45) is 0 Å². The lowest BCUT2D eigenvalue weighted by Gasteiger charge is -2.42. The van der Waals surface area contributed by atoms with E-state index in [0.717, 1.165) is 29.1 Å². The Balaban J connectivity index is 1.66. The molecular weight excluding hydrogens is 394 g/mol. The van der Waals surface area contributed by atoms with Crippen LogP contribution in [0.3, 0.4) is 0 Å². The van der Waals surface area contributed by atoms with E-state index in [0.29, 0.717) is 31.8 Å². The number of aliphatic hydroxyl groups is 2. The van der Waals surface area contributed by atoms with E-state index in [-0.39, 0.29) is 18.6 Å². The first-order chi connectivity index (χ1) is 15.1. The van der Waals surface area contributed by atoms with E-state index in [1.165, 1.54) is 0 Å². The molecule has 2 heterocycles. The lowest BCUT2D eigenvalue weighted by Crippen LogP contribution is -2.52. The Labute approximate surface area is 182 Å². The van der Waals surface area contributed by atoms with Gasteiger partial charge in [0, 0.05) is 25.7 Å². The van der Waals surface area contributed by atoms with Crippen molar-refractivity contribution in [2.75, 3.05) is 37.7 Å². The normalized spacial score (nSPS) is 20.0. The van der Waals surface area contributed by atoms with Gasteiger partial charge in [0.1, 0.15) is 11.5 Å². The van der Waals surface area contributed by atoms with Crippen LogP contribution in [0, 0.1) is 0 Å². The Bertz CT molecular complexity index is 943. The zero-order chi connectivity index (χ0) is 21.8. The summed E-state index contributed by atoms with van der Waals surface area (Å²) in [5.74, 6) is 1.40. The lowest BCUT2D eigenvalue weighted by molar-refractivity contribution is -0.123. The predicted molar refractivity (Wildman–Crippen MR) is 120 cm³/mol. The summed E-state index contributed by atoms with van der Waals surface area (Å²) in [6, 6.07) is 15.1. The molecule has 2 aromatic carbocycles. The highest BCUT2D eigenvalue weighted by Crippen LogP contribution is 2.38. The third-order valence-electron chi connectivity index (χ3n) is 5.79. The first-order valence-electron chi connectivity index (χ1n) is 10.7. The third-order valence-corrected chi connectivity index (χ3v) is 5.79. The van der Waals surface area contributed by atoms with E-state index in [2.05, 4.69) is 5.32 Å². The SMILES string of the molecule is CCC(CO)N1c2cc(Oc3ccccc3)ccc2C=C(CN2CCNC(=O)C2)C1O. The van der Waals surface area contributed by atoms with Gasteiger partial charge in [-0.1, -0.05) is 25.1 Å². The van der Waals surface area contributed by atoms with Gasteiger partial charge in [0.15, 0.2) is 6.23 Å². The summed E-state index contributed by atoms with van der Waals surface area (Å²) in [6.45, 7) is 4.08. The number of carbonyl (C=O) groups is 1. The first-order valence-corrected chi connectivity index (χ1v) is 10.7. The van der Waals surface area contributed by atoms with Crippen LogP contribution in [-0.2, 0) is 4.79 Å². The summed E-state index contributed by atoms with van der Waals surface area (Å²) in [5.41, 5.74) is 2.59. The van der Waals surface area contributed by atoms with Crippen molar-refractivity contribution in [2.45, 2.75) is 25.6 Å². The molecule has 2 atom stereocenters. The Morgan fingerprint density at radius 3 is 2.71 bits per heavy atom. The molecule has 1 fully saturated rings. The maximum atomic E-state index is 11.8. The molecule has 164 valence electrons. The van der Waals surface area contributed by atoms with Gasteiger partial charge in [-0.3, -0.25) is 9.69 Å². The van der Waals surface area contributed by atoms with Gasteiger partial charge in [-0.25, -0.2) is 0 Å².